The molecule has 0 unspecified atom stereocenters. The van der Waals surface area contributed by atoms with E-state index in [2.05, 4.69) is 34.5 Å². The van der Waals surface area contributed by atoms with E-state index in [-0.39, 0.29) is 35.2 Å². The number of nitrogens with zero attached hydrogens (tertiary/aromatic N) is 1. The number of rotatable bonds is 8. The number of carbonyl (C=O) groups excluding carboxylic acids is 1. The normalized spacial score (nSPS) is 14.7. The Bertz CT molecular complexity index is 1300. The monoisotopic (exact) mass is 496 g/mol. The van der Waals surface area contributed by atoms with Crippen LogP contribution in [0.3, 0.4) is 0 Å². The Balaban J connectivity index is 1.13. The third-order valence-corrected chi connectivity index (χ3v) is 7.00. The third kappa shape index (κ3) is 5.93. The molecule has 0 saturated carbocycles. The van der Waals surface area contributed by atoms with Crippen molar-refractivity contribution in [1.82, 2.24) is 10.2 Å². The highest BCUT2D eigenvalue weighted by atomic mass is 16.5. The number of aromatic hydroxyl groups is 2. The summed E-state index contributed by atoms with van der Waals surface area (Å²) in [5.74, 6) is -0.392. The lowest BCUT2D eigenvalue weighted by atomic mass is 10.00. The number of phenols is 2. The minimum atomic E-state index is -0.325. The molecular formula is C31H32N2O4. The van der Waals surface area contributed by atoms with Crippen LogP contribution in [0.1, 0.15) is 40.4 Å². The first-order chi connectivity index (χ1) is 18.1. The first kappa shape index (κ1) is 24.8. The van der Waals surface area contributed by atoms with Crippen molar-refractivity contribution in [2.75, 3.05) is 26.2 Å². The number of amides is 1. The van der Waals surface area contributed by atoms with Crippen LogP contribution >= 0.6 is 0 Å². The number of likely N-dealkylation sites (tertiary alicyclic amines) is 1. The van der Waals surface area contributed by atoms with Crippen molar-refractivity contribution in [3.05, 3.63) is 108 Å². The zero-order valence-electron chi connectivity index (χ0n) is 20.7. The second kappa shape index (κ2) is 11.5. The fourth-order valence-corrected chi connectivity index (χ4v) is 4.97. The molecule has 190 valence electrons. The maximum absolute atomic E-state index is 12.7. The lowest BCUT2D eigenvalue weighted by Crippen LogP contribution is -2.41. The molecule has 37 heavy (non-hydrogen) atoms. The van der Waals surface area contributed by atoms with E-state index in [0.717, 1.165) is 43.6 Å². The van der Waals surface area contributed by atoms with Crippen LogP contribution in [-0.2, 0) is 4.74 Å². The van der Waals surface area contributed by atoms with Gasteiger partial charge >= 0.3 is 0 Å². The molecule has 6 nitrogen and oxygen atoms in total. The Kier molecular flexibility index (Phi) is 7.68. The second-order valence-corrected chi connectivity index (χ2v) is 9.50. The van der Waals surface area contributed by atoms with E-state index in [1.165, 1.54) is 6.07 Å². The largest absolute Gasteiger partial charge is 0.507 e. The number of ether oxygens (including phenoxy) is 1. The van der Waals surface area contributed by atoms with Crippen LogP contribution in [0.4, 0.5) is 0 Å². The molecule has 3 N–H and O–H groups in total. The van der Waals surface area contributed by atoms with Crippen molar-refractivity contribution in [2.24, 2.45) is 0 Å². The predicted molar refractivity (Wildman–Crippen MR) is 145 cm³/mol. The van der Waals surface area contributed by atoms with Gasteiger partial charge in [0, 0.05) is 31.6 Å². The van der Waals surface area contributed by atoms with Gasteiger partial charge in [0.15, 0.2) is 0 Å². The highest BCUT2D eigenvalue weighted by Gasteiger charge is 2.25. The lowest BCUT2D eigenvalue weighted by Gasteiger charge is -2.34. The van der Waals surface area contributed by atoms with Gasteiger partial charge in [0.1, 0.15) is 17.6 Å². The Morgan fingerprint density at radius 1 is 0.865 bits per heavy atom. The lowest BCUT2D eigenvalue weighted by molar-refractivity contribution is -0.0267. The zero-order valence-corrected chi connectivity index (χ0v) is 20.7. The van der Waals surface area contributed by atoms with Crippen LogP contribution < -0.4 is 5.32 Å². The van der Waals surface area contributed by atoms with Crippen LogP contribution in [0, 0.1) is 0 Å². The number of phenolic OH excluding ortho intramolecular Hbond substituents is 2. The summed E-state index contributed by atoms with van der Waals surface area (Å²) >= 11 is 0. The smallest absolute Gasteiger partial charge is 0.255 e. The molecular weight excluding hydrogens is 464 g/mol. The van der Waals surface area contributed by atoms with Crippen molar-refractivity contribution >= 4 is 16.7 Å². The molecule has 4 aromatic rings. The molecule has 0 aliphatic carbocycles. The average molecular weight is 497 g/mol. The molecule has 0 spiro atoms. The Hall–Kier alpha value is -3.87. The van der Waals surface area contributed by atoms with Crippen LogP contribution in [0.25, 0.3) is 10.8 Å². The summed E-state index contributed by atoms with van der Waals surface area (Å²) in [6.07, 6.45) is 1.94. The molecule has 1 aliphatic rings. The van der Waals surface area contributed by atoms with Crippen molar-refractivity contribution in [3.63, 3.8) is 0 Å². The van der Waals surface area contributed by atoms with E-state index in [9.17, 15) is 15.0 Å². The second-order valence-electron chi connectivity index (χ2n) is 9.50. The number of benzene rings is 4. The number of piperidine rings is 1. The van der Waals surface area contributed by atoms with Crippen LogP contribution in [-0.4, -0.2) is 53.3 Å². The summed E-state index contributed by atoms with van der Waals surface area (Å²) in [4.78, 5) is 15.0. The number of hydrogen-bond acceptors (Lipinski definition) is 5. The molecule has 0 aromatic heterocycles. The number of hydrogen-bond donors (Lipinski definition) is 3. The van der Waals surface area contributed by atoms with Gasteiger partial charge in [-0.2, -0.15) is 0 Å². The minimum absolute atomic E-state index is 0.0750. The Morgan fingerprint density at radius 3 is 2.16 bits per heavy atom. The first-order valence-electron chi connectivity index (χ1n) is 12.8. The standard InChI is InChI=1S/C31H32N2O4/c34-28-13-7-12-24-20-27(29(35)21-26(24)28)31(36)32-16-19-33-17-14-25(15-18-33)37-30(22-8-3-1-4-9-22)23-10-5-2-6-11-23/h1-13,20-21,25,30,34-35H,14-19H2,(H,32,36). The highest BCUT2D eigenvalue weighted by molar-refractivity contribution is 6.02. The van der Waals surface area contributed by atoms with Crippen LogP contribution in [0.2, 0.25) is 0 Å². The summed E-state index contributed by atoms with van der Waals surface area (Å²) in [7, 11) is 0. The summed E-state index contributed by atoms with van der Waals surface area (Å²) in [6.45, 7) is 3.02. The SMILES string of the molecule is O=C(NCCN1CCC(OC(c2ccccc2)c2ccccc2)CC1)c1cc2cccc(O)c2cc1O. The molecule has 1 fully saturated rings. The number of nitrogens with one attached hydrogen (secondary N) is 1. The van der Waals surface area contributed by atoms with Gasteiger partial charge in [-0.3, -0.25) is 4.79 Å². The molecule has 0 bridgehead atoms. The molecule has 4 aromatic carbocycles. The van der Waals surface area contributed by atoms with Crippen LogP contribution in [0.15, 0.2) is 91.0 Å². The van der Waals surface area contributed by atoms with E-state index < -0.39 is 0 Å². The van der Waals surface area contributed by atoms with E-state index in [0.29, 0.717) is 17.3 Å². The van der Waals surface area contributed by atoms with Gasteiger partial charge < -0.3 is 25.2 Å². The maximum atomic E-state index is 12.7. The molecule has 1 amide bonds. The minimum Gasteiger partial charge on any atom is -0.507 e. The number of carbonyl (C=O) groups is 1. The van der Waals surface area contributed by atoms with Gasteiger partial charge in [0.2, 0.25) is 0 Å². The first-order valence-corrected chi connectivity index (χ1v) is 12.8. The van der Waals surface area contributed by atoms with Crippen molar-refractivity contribution in [3.8, 4) is 11.5 Å². The molecule has 0 atom stereocenters. The van der Waals surface area contributed by atoms with Gasteiger partial charge in [-0.25, -0.2) is 0 Å². The molecule has 1 heterocycles. The fourth-order valence-electron chi connectivity index (χ4n) is 4.97. The third-order valence-electron chi connectivity index (χ3n) is 7.00. The van der Waals surface area contributed by atoms with Crippen molar-refractivity contribution < 1.29 is 19.7 Å². The molecule has 5 rings (SSSR count). The summed E-state index contributed by atoms with van der Waals surface area (Å²) in [5, 5.41) is 24.4. The van der Waals surface area contributed by atoms with Crippen molar-refractivity contribution in [2.45, 2.75) is 25.0 Å². The molecule has 6 heteroatoms. The van der Waals surface area contributed by atoms with E-state index in [1.54, 1.807) is 24.3 Å². The summed E-state index contributed by atoms with van der Waals surface area (Å²) in [5.41, 5.74) is 2.52. The Labute approximate surface area is 217 Å². The number of fused-ring (bicyclic) bond motifs is 1. The zero-order chi connectivity index (χ0) is 25.6. The quantitative estimate of drug-likeness (QED) is 0.310. The van der Waals surface area contributed by atoms with Gasteiger partial charge in [-0.05, 0) is 47.6 Å². The summed E-state index contributed by atoms with van der Waals surface area (Å²) in [6, 6.07) is 28.8. The van der Waals surface area contributed by atoms with E-state index in [1.807, 2.05) is 36.4 Å². The average Bonchev–Trinajstić information content (AvgIpc) is 2.93. The topological polar surface area (TPSA) is 82.0 Å². The van der Waals surface area contributed by atoms with Crippen molar-refractivity contribution in [1.29, 1.82) is 0 Å². The molecule has 0 radical (unpaired) electrons. The molecule has 1 saturated heterocycles. The summed E-state index contributed by atoms with van der Waals surface area (Å²) < 4.78 is 6.63. The van der Waals surface area contributed by atoms with E-state index in [4.69, 9.17) is 4.74 Å². The van der Waals surface area contributed by atoms with E-state index >= 15 is 0 Å². The predicted octanol–water partition coefficient (Wildman–Crippen LogP) is 5.25. The highest BCUT2D eigenvalue weighted by Crippen LogP contribution is 2.31. The maximum Gasteiger partial charge on any atom is 0.255 e. The van der Waals surface area contributed by atoms with Gasteiger partial charge in [0.05, 0.1) is 11.7 Å². The fraction of sp³-hybridized carbons (Fsp3) is 0.258. The van der Waals surface area contributed by atoms with Crippen LogP contribution in [0.5, 0.6) is 11.5 Å². The van der Waals surface area contributed by atoms with Gasteiger partial charge in [-0.1, -0.05) is 72.8 Å². The van der Waals surface area contributed by atoms with Gasteiger partial charge in [0.25, 0.3) is 5.91 Å². The Morgan fingerprint density at radius 2 is 1.51 bits per heavy atom. The molecule has 1 aliphatic heterocycles. The van der Waals surface area contributed by atoms with Gasteiger partial charge in [-0.15, -0.1) is 0 Å².